The Bertz CT molecular complexity index is 1320. The Hall–Kier alpha value is -3.48. The molecule has 36 heavy (non-hydrogen) atoms. The zero-order valence-electron chi connectivity index (χ0n) is 20.2. The molecule has 1 atom stereocenters. The third-order valence-corrected chi connectivity index (χ3v) is 6.79. The van der Waals surface area contributed by atoms with Crippen LogP contribution in [0.5, 0.6) is 5.75 Å². The van der Waals surface area contributed by atoms with Gasteiger partial charge in [-0.25, -0.2) is 0 Å². The summed E-state index contributed by atoms with van der Waals surface area (Å²) in [6.07, 6.45) is 0. The van der Waals surface area contributed by atoms with Gasteiger partial charge in [0.1, 0.15) is 11.5 Å². The average Bonchev–Trinajstić information content (AvgIpc) is 3.15. The summed E-state index contributed by atoms with van der Waals surface area (Å²) in [7, 11) is 1.45. The van der Waals surface area contributed by atoms with E-state index in [1.165, 1.54) is 18.1 Å². The van der Waals surface area contributed by atoms with E-state index in [4.69, 9.17) is 27.9 Å². The largest absolute Gasteiger partial charge is 0.507 e. The normalized spacial score (nSPS) is 16.9. The molecule has 1 heterocycles. The first kappa shape index (κ1) is 25.6. The molecule has 0 saturated carbocycles. The van der Waals surface area contributed by atoms with E-state index in [0.717, 1.165) is 18.8 Å². The number of carbonyl (C=O) groups is 2. The van der Waals surface area contributed by atoms with E-state index in [-0.39, 0.29) is 16.9 Å². The number of nitrogens with zero attached hydrogens (tertiary/aromatic N) is 2. The molecule has 3 aromatic carbocycles. The zero-order valence-corrected chi connectivity index (χ0v) is 21.7. The number of ether oxygens (including phenoxy) is 1. The standard InChI is InChI=1S/C28H26Cl2N2O4/c1-4-31(5-2)20-11-6-17(7-12-20)25-24(26(33)22-16-19(30)10-15-23(22)36-3)27(34)28(35)32(25)21-13-8-18(29)9-14-21/h6-16,25,33H,4-5H2,1-3H3/b26-24+. The molecule has 1 unspecified atom stereocenters. The predicted octanol–water partition coefficient (Wildman–Crippen LogP) is 6.47. The van der Waals surface area contributed by atoms with Gasteiger partial charge in [0.2, 0.25) is 0 Å². The minimum Gasteiger partial charge on any atom is -0.507 e. The van der Waals surface area contributed by atoms with Gasteiger partial charge in [0, 0.05) is 34.5 Å². The van der Waals surface area contributed by atoms with Gasteiger partial charge in [0.15, 0.2) is 0 Å². The highest BCUT2D eigenvalue weighted by Gasteiger charge is 2.47. The Labute approximate surface area is 220 Å². The average molecular weight is 525 g/mol. The van der Waals surface area contributed by atoms with Crippen LogP contribution in [0.15, 0.2) is 72.3 Å². The van der Waals surface area contributed by atoms with Crippen molar-refractivity contribution >= 4 is 52.0 Å². The minimum atomic E-state index is -0.874. The molecular formula is C28H26Cl2N2O4. The number of aliphatic hydroxyl groups is 1. The molecule has 4 rings (SSSR count). The van der Waals surface area contributed by atoms with Crippen LogP contribution < -0.4 is 14.5 Å². The molecule has 186 valence electrons. The Kier molecular flexibility index (Phi) is 7.57. The minimum absolute atomic E-state index is 0.0499. The number of Topliss-reactive ketones (excluding diaryl/α,β-unsaturated/α-hetero) is 1. The second-order valence-corrected chi connectivity index (χ2v) is 9.13. The fraction of sp³-hybridized carbons (Fsp3) is 0.214. The predicted molar refractivity (Wildman–Crippen MR) is 144 cm³/mol. The molecule has 6 nitrogen and oxygen atoms in total. The SMILES string of the molecule is CCN(CC)c1ccc(C2/C(=C(\O)c3cc(Cl)ccc3OC)C(=O)C(=O)N2c2ccc(Cl)cc2)cc1. The highest BCUT2D eigenvalue weighted by atomic mass is 35.5. The zero-order chi connectivity index (χ0) is 26.0. The number of methoxy groups -OCH3 is 1. The van der Waals surface area contributed by atoms with Crippen molar-refractivity contribution < 1.29 is 19.4 Å². The molecule has 0 aromatic heterocycles. The summed E-state index contributed by atoms with van der Waals surface area (Å²) >= 11 is 12.3. The third-order valence-electron chi connectivity index (χ3n) is 6.30. The van der Waals surface area contributed by atoms with Crippen molar-refractivity contribution in [1.82, 2.24) is 0 Å². The van der Waals surface area contributed by atoms with Crippen LogP contribution >= 0.6 is 23.2 Å². The van der Waals surface area contributed by atoms with Gasteiger partial charge >= 0.3 is 0 Å². The summed E-state index contributed by atoms with van der Waals surface area (Å²) in [5.41, 5.74) is 2.35. The van der Waals surface area contributed by atoms with Crippen molar-refractivity contribution in [3.05, 3.63) is 93.5 Å². The molecule has 3 aromatic rings. The second-order valence-electron chi connectivity index (χ2n) is 8.25. The molecule has 1 fully saturated rings. The van der Waals surface area contributed by atoms with Crippen LogP contribution in [0.2, 0.25) is 10.0 Å². The maximum atomic E-state index is 13.4. The van der Waals surface area contributed by atoms with Crippen LogP contribution in [-0.2, 0) is 9.59 Å². The molecule has 1 aliphatic heterocycles. The molecule has 1 aliphatic rings. The third kappa shape index (κ3) is 4.66. The number of aliphatic hydroxyl groups excluding tert-OH is 1. The number of ketones is 1. The lowest BCUT2D eigenvalue weighted by Crippen LogP contribution is -2.29. The first-order valence-electron chi connectivity index (χ1n) is 11.6. The Balaban J connectivity index is 1.93. The fourth-order valence-corrected chi connectivity index (χ4v) is 4.78. The lowest BCUT2D eigenvalue weighted by atomic mass is 9.94. The van der Waals surface area contributed by atoms with E-state index in [1.54, 1.807) is 36.4 Å². The van der Waals surface area contributed by atoms with E-state index in [0.29, 0.717) is 27.0 Å². The number of rotatable bonds is 7. The summed E-state index contributed by atoms with van der Waals surface area (Å²) < 4.78 is 5.39. The van der Waals surface area contributed by atoms with Gasteiger partial charge < -0.3 is 14.7 Å². The van der Waals surface area contributed by atoms with Crippen LogP contribution in [0.25, 0.3) is 5.76 Å². The fourth-order valence-electron chi connectivity index (χ4n) is 4.48. The van der Waals surface area contributed by atoms with Crippen molar-refractivity contribution in [2.45, 2.75) is 19.9 Å². The van der Waals surface area contributed by atoms with Gasteiger partial charge in [-0.1, -0.05) is 35.3 Å². The molecule has 1 amide bonds. The van der Waals surface area contributed by atoms with Gasteiger partial charge in [-0.05, 0) is 74.0 Å². The first-order chi connectivity index (χ1) is 17.3. The monoisotopic (exact) mass is 524 g/mol. The van der Waals surface area contributed by atoms with Crippen molar-refractivity contribution in [2.24, 2.45) is 0 Å². The van der Waals surface area contributed by atoms with E-state index < -0.39 is 17.7 Å². The number of carbonyl (C=O) groups excluding carboxylic acids is 2. The summed E-state index contributed by atoms with van der Waals surface area (Å²) in [5.74, 6) is -1.59. The molecule has 0 aliphatic carbocycles. The van der Waals surface area contributed by atoms with Crippen LogP contribution in [0, 0.1) is 0 Å². The van der Waals surface area contributed by atoms with Crippen molar-refractivity contribution in [3.63, 3.8) is 0 Å². The Morgan fingerprint density at radius 3 is 2.14 bits per heavy atom. The van der Waals surface area contributed by atoms with Gasteiger partial charge in [0.05, 0.1) is 24.3 Å². The van der Waals surface area contributed by atoms with Gasteiger partial charge in [-0.3, -0.25) is 14.5 Å². The van der Waals surface area contributed by atoms with Crippen LogP contribution in [-0.4, -0.2) is 37.0 Å². The van der Waals surface area contributed by atoms with Crippen LogP contribution in [0.4, 0.5) is 11.4 Å². The Morgan fingerprint density at radius 2 is 1.56 bits per heavy atom. The lowest BCUT2D eigenvalue weighted by Gasteiger charge is -2.27. The van der Waals surface area contributed by atoms with Crippen molar-refractivity contribution in [2.75, 3.05) is 30.0 Å². The Morgan fingerprint density at radius 1 is 0.944 bits per heavy atom. The number of benzene rings is 3. The molecular weight excluding hydrogens is 499 g/mol. The van der Waals surface area contributed by atoms with E-state index in [2.05, 4.69) is 18.7 Å². The molecule has 1 saturated heterocycles. The molecule has 8 heteroatoms. The first-order valence-corrected chi connectivity index (χ1v) is 12.3. The van der Waals surface area contributed by atoms with Crippen LogP contribution in [0.3, 0.4) is 0 Å². The molecule has 0 spiro atoms. The second kappa shape index (κ2) is 10.6. The van der Waals surface area contributed by atoms with Crippen molar-refractivity contribution in [1.29, 1.82) is 0 Å². The van der Waals surface area contributed by atoms with E-state index in [1.807, 2.05) is 24.3 Å². The molecule has 0 radical (unpaired) electrons. The van der Waals surface area contributed by atoms with E-state index in [9.17, 15) is 14.7 Å². The highest BCUT2D eigenvalue weighted by molar-refractivity contribution is 6.51. The maximum absolute atomic E-state index is 13.4. The lowest BCUT2D eigenvalue weighted by molar-refractivity contribution is -0.132. The topological polar surface area (TPSA) is 70.1 Å². The van der Waals surface area contributed by atoms with Crippen molar-refractivity contribution in [3.8, 4) is 5.75 Å². The molecule has 1 N–H and O–H groups in total. The number of hydrogen-bond acceptors (Lipinski definition) is 5. The van der Waals surface area contributed by atoms with Gasteiger partial charge in [-0.15, -0.1) is 0 Å². The summed E-state index contributed by atoms with van der Waals surface area (Å²) in [6, 6.07) is 18.1. The maximum Gasteiger partial charge on any atom is 0.300 e. The smallest absolute Gasteiger partial charge is 0.300 e. The number of halogens is 2. The number of hydrogen-bond donors (Lipinski definition) is 1. The quantitative estimate of drug-likeness (QED) is 0.217. The summed E-state index contributed by atoms with van der Waals surface area (Å²) in [6.45, 7) is 5.83. The summed E-state index contributed by atoms with van der Waals surface area (Å²) in [5, 5.41) is 12.3. The summed E-state index contributed by atoms with van der Waals surface area (Å²) in [4.78, 5) is 30.3. The van der Waals surface area contributed by atoms with Gasteiger partial charge in [-0.2, -0.15) is 0 Å². The van der Waals surface area contributed by atoms with E-state index >= 15 is 0 Å². The highest BCUT2D eigenvalue weighted by Crippen LogP contribution is 2.44. The number of anilines is 2. The van der Waals surface area contributed by atoms with Gasteiger partial charge in [0.25, 0.3) is 11.7 Å². The number of amides is 1. The van der Waals surface area contributed by atoms with Crippen LogP contribution in [0.1, 0.15) is 31.0 Å². The molecule has 0 bridgehead atoms.